The van der Waals surface area contributed by atoms with Gasteiger partial charge in [0.05, 0.1) is 0 Å². The predicted octanol–water partition coefficient (Wildman–Crippen LogP) is 3.89. The van der Waals surface area contributed by atoms with Crippen LogP contribution in [0.5, 0.6) is 0 Å². The zero-order valence-electron chi connectivity index (χ0n) is 12.9. The molecule has 0 radical (unpaired) electrons. The van der Waals surface area contributed by atoms with E-state index in [9.17, 15) is 14.0 Å². The standard InChI is InChI=1S/C19H14FNO3/c1-12-10-19(23)24-17-11-15(7-8-16(12)17)21-18(22)9-4-13-2-5-14(20)6-3-13/h2-11H,1H3,(H,21,22). The number of hydrogen-bond donors (Lipinski definition) is 1. The van der Waals surface area contributed by atoms with Gasteiger partial charge in [-0.05, 0) is 48.4 Å². The lowest BCUT2D eigenvalue weighted by molar-refractivity contribution is -0.111. The highest BCUT2D eigenvalue weighted by atomic mass is 19.1. The summed E-state index contributed by atoms with van der Waals surface area (Å²) in [6, 6.07) is 12.3. The molecule has 0 aliphatic heterocycles. The van der Waals surface area contributed by atoms with Gasteiger partial charge >= 0.3 is 5.63 Å². The van der Waals surface area contributed by atoms with Crippen LogP contribution in [0.4, 0.5) is 10.1 Å². The number of halogens is 1. The Balaban J connectivity index is 1.77. The van der Waals surface area contributed by atoms with Crippen molar-refractivity contribution in [3.05, 3.63) is 82.0 Å². The Morgan fingerprint density at radius 3 is 2.62 bits per heavy atom. The number of amides is 1. The fourth-order valence-electron chi connectivity index (χ4n) is 2.33. The van der Waals surface area contributed by atoms with Crippen molar-refractivity contribution in [2.24, 2.45) is 0 Å². The number of fused-ring (bicyclic) bond motifs is 1. The molecule has 1 aromatic heterocycles. The van der Waals surface area contributed by atoms with Crippen molar-refractivity contribution < 1.29 is 13.6 Å². The van der Waals surface area contributed by atoms with Crippen LogP contribution in [0.3, 0.4) is 0 Å². The third-order valence-electron chi connectivity index (χ3n) is 3.52. The molecule has 1 heterocycles. The second-order valence-electron chi connectivity index (χ2n) is 5.33. The molecule has 0 aliphatic carbocycles. The van der Waals surface area contributed by atoms with E-state index < -0.39 is 5.63 Å². The number of aryl methyl sites for hydroxylation is 1. The maximum Gasteiger partial charge on any atom is 0.336 e. The molecule has 0 fully saturated rings. The van der Waals surface area contributed by atoms with E-state index in [-0.39, 0.29) is 11.7 Å². The van der Waals surface area contributed by atoms with Crippen LogP contribution in [0.2, 0.25) is 0 Å². The molecule has 2 aromatic carbocycles. The molecular weight excluding hydrogens is 309 g/mol. The number of hydrogen-bond acceptors (Lipinski definition) is 3. The van der Waals surface area contributed by atoms with Gasteiger partial charge in [0.1, 0.15) is 11.4 Å². The van der Waals surface area contributed by atoms with Crippen molar-refractivity contribution in [3.8, 4) is 0 Å². The van der Waals surface area contributed by atoms with E-state index in [1.165, 1.54) is 24.3 Å². The van der Waals surface area contributed by atoms with Gasteiger partial charge < -0.3 is 9.73 Å². The zero-order chi connectivity index (χ0) is 17.1. The zero-order valence-corrected chi connectivity index (χ0v) is 12.9. The van der Waals surface area contributed by atoms with Crippen molar-refractivity contribution in [2.45, 2.75) is 6.92 Å². The summed E-state index contributed by atoms with van der Waals surface area (Å²) in [4.78, 5) is 23.4. The SMILES string of the molecule is Cc1cc(=O)oc2cc(NC(=O)C=Cc3ccc(F)cc3)ccc12. The molecule has 120 valence electrons. The molecule has 0 atom stereocenters. The number of carbonyl (C=O) groups excluding carboxylic acids is 1. The lowest BCUT2D eigenvalue weighted by Crippen LogP contribution is -2.08. The maximum atomic E-state index is 12.8. The largest absolute Gasteiger partial charge is 0.423 e. The van der Waals surface area contributed by atoms with Gasteiger partial charge in [0.15, 0.2) is 0 Å². The van der Waals surface area contributed by atoms with Crippen LogP contribution >= 0.6 is 0 Å². The predicted molar refractivity (Wildman–Crippen MR) is 91.3 cm³/mol. The van der Waals surface area contributed by atoms with Crippen LogP contribution in [0, 0.1) is 12.7 Å². The molecule has 3 rings (SSSR count). The monoisotopic (exact) mass is 323 g/mol. The lowest BCUT2D eigenvalue weighted by Gasteiger charge is -2.05. The molecule has 0 saturated heterocycles. The van der Waals surface area contributed by atoms with Crippen LogP contribution in [-0.2, 0) is 4.79 Å². The minimum Gasteiger partial charge on any atom is -0.423 e. The van der Waals surface area contributed by atoms with E-state index >= 15 is 0 Å². The third-order valence-corrected chi connectivity index (χ3v) is 3.52. The molecule has 5 heteroatoms. The first-order valence-electron chi connectivity index (χ1n) is 7.30. The molecule has 0 aliphatic rings. The first-order chi connectivity index (χ1) is 11.5. The quantitative estimate of drug-likeness (QED) is 0.587. The Morgan fingerprint density at radius 2 is 1.88 bits per heavy atom. The minimum absolute atomic E-state index is 0.329. The maximum absolute atomic E-state index is 12.8. The van der Waals surface area contributed by atoms with E-state index in [0.29, 0.717) is 16.8 Å². The van der Waals surface area contributed by atoms with Crippen molar-refractivity contribution in [1.29, 1.82) is 0 Å². The van der Waals surface area contributed by atoms with Gasteiger partial charge in [-0.1, -0.05) is 12.1 Å². The van der Waals surface area contributed by atoms with E-state index in [0.717, 1.165) is 10.9 Å². The first-order valence-corrected chi connectivity index (χ1v) is 7.30. The van der Waals surface area contributed by atoms with E-state index in [1.54, 1.807) is 36.4 Å². The van der Waals surface area contributed by atoms with Crippen molar-refractivity contribution in [3.63, 3.8) is 0 Å². The molecule has 0 bridgehead atoms. The van der Waals surface area contributed by atoms with Gasteiger partial charge in [-0.3, -0.25) is 4.79 Å². The number of anilines is 1. The molecule has 0 unspecified atom stereocenters. The lowest BCUT2D eigenvalue weighted by atomic mass is 10.1. The molecule has 1 amide bonds. The average Bonchev–Trinajstić information content (AvgIpc) is 2.54. The minimum atomic E-state index is -0.431. The average molecular weight is 323 g/mol. The summed E-state index contributed by atoms with van der Waals surface area (Å²) in [6.07, 6.45) is 2.93. The third kappa shape index (κ3) is 3.57. The van der Waals surface area contributed by atoms with Gasteiger partial charge in [0, 0.05) is 29.3 Å². The number of rotatable bonds is 3. The smallest absolute Gasteiger partial charge is 0.336 e. The number of nitrogens with one attached hydrogen (secondary N) is 1. The van der Waals surface area contributed by atoms with Crippen molar-refractivity contribution in [1.82, 2.24) is 0 Å². The van der Waals surface area contributed by atoms with E-state index in [4.69, 9.17) is 4.42 Å². The topological polar surface area (TPSA) is 59.3 Å². The van der Waals surface area contributed by atoms with Gasteiger partial charge in [-0.2, -0.15) is 0 Å². The van der Waals surface area contributed by atoms with Crippen LogP contribution < -0.4 is 10.9 Å². The Morgan fingerprint density at radius 1 is 1.12 bits per heavy atom. The number of carbonyl (C=O) groups is 1. The molecular formula is C19H14FNO3. The summed E-state index contributed by atoms with van der Waals surface area (Å²) in [7, 11) is 0. The highest BCUT2D eigenvalue weighted by molar-refractivity contribution is 6.02. The fourth-order valence-corrected chi connectivity index (χ4v) is 2.33. The van der Waals surface area contributed by atoms with E-state index in [1.807, 2.05) is 6.92 Å². The Labute approximate surface area is 137 Å². The van der Waals surface area contributed by atoms with Crippen molar-refractivity contribution in [2.75, 3.05) is 5.32 Å². The second kappa shape index (κ2) is 6.50. The Bertz CT molecular complexity index is 988. The normalized spacial score (nSPS) is 11.1. The van der Waals surface area contributed by atoms with Crippen LogP contribution in [0.25, 0.3) is 17.0 Å². The molecule has 0 spiro atoms. The van der Waals surface area contributed by atoms with Gasteiger partial charge in [-0.15, -0.1) is 0 Å². The van der Waals surface area contributed by atoms with Gasteiger partial charge in [0.25, 0.3) is 0 Å². The molecule has 4 nitrogen and oxygen atoms in total. The Kier molecular flexibility index (Phi) is 4.24. The summed E-state index contributed by atoms with van der Waals surface area (Å²) in [5.74, 6) is -0.668. The summed E-state index contributed by atoms with van der Waals surface area (Å²) >= 11 is 0. The van der Waals surface area contributed by atoms with Crippen LogP contribution in [0.15, 0.2) is 63.8 Å². The summed E-state index contributed by atoms with van der Waals surface area (Å²) in [5.41, 5.74) is 2.03. The first kappa shape index (κ1) is 15.7. The fraction of sp³-hybridized carbons (Fsp3) is 0.0526. The van der Waals surface area contributed by atoms with Crippen LogP contribution in [0.1, 0.15) is 11.1 Å². The summed E-state index contributed by atoms with van der Waals surface area (Å²) in [6.45, 7) is 1.82. The summed E-state index contributed by atoms with van der Waals surface area (Å²) < 4.78 is 18.0. The molecule has 1 N–H and O–H groups in total. The number of benzene rings is 2. The summed E-state index contributed by atoms with van der Waals surface area (Å²) in [5, 5.41) is 3.51. The second-order valence-corrected chi connectivity index (χ2v) is 5.33. The highest BCUT2D eigenvalue weighted by Gasteiger charge is 2.05. The highest BCUT2D eigenvalue weighted by Crippen LogP contribution is 2.20. The van der Waals surface area contributed by atoms with Gasteiger partial charge in [-0.25, -0.2) is 9.18 Å². The molecule has 3 aromatic rings. The molecule has 0 saturated carbocycles. The molecule has 24 heavy (non-hydrogen) atoms. The van der Waals surface area contributed by atoms with Crippen LogP contribution in [-0.4, -0.2) is 5.91 Å². The van der Waals surface area contributed by atoms with E-state index in [2.05, 4.69) is 5.32 Å². The van der Waals surface area contributed by atoms with Crippen molar-refractivity contribution >= 4 is 28.6 Å². The van der Waals surface area contributed by atoms with Gasteiger partial charge in [0.2, 0.25) is 5.91 Å². The Hall–Kier alpha value is -3.21.